The summed E-state index contributed by atoms with van der Waals surface area (Å²) in [6.45, 7) is 13.1. The third-order valence-electron chi connectivity index (χ3n) is 8.90. The highest BCUT2D eigenvalue weighted by atomic mass is 19.4. The van der Waals surface area contributed by atoms with Gasteiger partial charge in [0.05, 0.1) is 29.0 Å². The van der Waals surface area contributed by atoms with Gasteiger partial charge in [0.1, 0.15) is 5.75 Å². The van der Waals surface area contributed by atoms with Gasteiger partial charge in [-0.25, -0.2) is 0 Å². The molecule has 0 radical (unpaired) electrons. The second kappa shape index (κ2) is 11.6. The van der Waals surface area contributed by atoms with E-state index in [0.717, 1.165) is 0 Å². The van der Waals surface area contributed by atoms with Crippen molar-refractivity contribution in [2.75, 3.05) is 6.61 Å². The van der Waals surface area contributed by atoms with Crippen molar-refractivity contribution < 1.29 is 80.4 Å². The first-order valence-corrected chi connectivity index (χ1v) is 14.1. The molecule has 0 amide bonds. The van der Waals surface area contributed by atoms with E-state index in [1.165, 1.54) is 12.1 Å². The molecule has 2 fully saturated rings. The summed E-state index contributed by atoms with van der Waals surface area (Å²) in [5.74, 6) is -37.2. The summed E-state index contributed by atoms with van der Waals surface area (Å²) in [5, 5.41) is 0. The van der Waals surface area contributed by atoms with Gasteiger partial charge in [0.25, 0.3) is 0 Å². The zero-order valence-electron chi connectivity index (χ0n) is 26.5. The van der Waals surface area contributed by atoms with Gasteiger partial charge in [0.15, 0.2) is 0 Å². The van der Waals surface area contributed by atoms with Crippen LogP contribution in [0.4, 0.5) is 57.1 Å². The van der Waals surface area contributed by atoms with Crippen molar-refractivity contribution in [2.45, 2.75) is 126 Å². The maximum absolute atomic E-state index is 14.3. The Morgan fingerprint density at radius 1 is 0.532 bits per heavy atom. The highest BCUT2D eigenvalue weighted by Gasteiger charge is 2.90. The Morgan fingerprint density at radius 2 is 0.872 bits per heavy atom. The Hall–Kier alpha value is -1.92. The molecule has 0 bridgehead atoms. The van der Waals surface area contributed by atoms with Crippen LogP contribution < -0.4 is 15.7 Å². The summed E-state index contributed by atoms with van der Waals surface area (Å²) >= 11 is 0. The molecule has 0 spiro atoms. The number of ether oxygens (including phenoxy) is 1. The van der Waals surface area contributed by atoms with Gasteiger partial charge in [-0.3, -0.25) is 0 Å². The monoisotopic (exact) mass is 706 g/mol. The first-order chi connectivity index (χ1) is 20.7. The lowest BCUT2D eigenvalue weighted by Crippen LogP contribution is -2.70. The minimum absolute atomic E-state index is 0.140. The zero-order valence-corrected chi connectivity index (χ0v) is 26.5. The van der Waals surface area contributed by atoms with E-state index >= 15 is 0 Å². The molecule has 2 aliphatic rings. The highest BCUT2D eigenvalue weighted by molar-refractivity contribution is 6.66. The fraction of sp³-hybridized carbons (Fsp3) is 0.778. The van der Waals surface area contributed by atoms with E-state index in [-0.39, 0.29) is 5.75 Å². The van der Waals surface area contributed by atoms with E-state index in [4.69, 9.17) is 23.4 Å². The Morgan fingerprint density at radius 3 is 1.21 bits per heavy atom. The predicted molar refractivity (Wildman–Crippen MR) is 143 cm³/mol. The molecule has 0 atom stereocenters. The van der Waals surface area contributed by atoms with Crippen LogP contribution in [0.15, 0.2) is 18.2 Å². The van der Waals surface area contributed by atoms with Gasteiger partial charge >= 0.3 is 50.0 Å². The van der Waals surface area contributed by atoms with Gasteiger partial charge in [-0.15, -0.1) is 0 Å². The van der Waals surface area contributed by atoms with Crippen LogP contribution in [-0.4, -0.2) is 79.0 Å². The Kier molecular flexibility index (Phi) is 9.73. The normalized spacial score (nSPS) is 21.8. The smallest absolute Gasteiger partial charge is 0.494 e. The van der Waals surface area contributed by atoms with Gasteiger partial charge in [-0.1, -0.05) is 6.07 Å². The second-order valence-corrected chi connectivity index (χ2v) is 13.5. The third kappa shape index (κ3) is 6.56. The van der Waals surface area contributed by atoms with E-state index in [0.29, 0.717) is 10.9 Å². The number of benzene rings is 1. The standard InChI is InChI=1S/C27H33B2F13O5/c1-18(2)19(3,4)45-28(44-18)15-12-16(29-46-20(5,6)21(7,8)47-29)14-17(13-15)43-11-9-10-22(30,31)23(32,33)24(34,35)25(36,37)26(38,39)27(40,41)42/h12-14H,9-11H2,1-8H3. The van der Waals surface area contributed by atoms with Crippen molar-refractivity contribution in [3.05, 3.63) is 18.2 Å². The summed E-state index contributed by atoms with van der Waals surface area (Å²) in [4.78, 5) is 0. The highest BCUT2D eigenvalue weighted by Crippen LogP contribution is 2.60. The molecule has 0 N–H and O–H groups in total. The van der Waals surface area contributed by atoms with Crippen LogP contribution in [0.1, 0.15) is 68.2 Å². The van der Waals surface area contributed by atoms with E-state index < -0.39 is 91.9 Å². The molecule has 2 aliphatic heterocycles. The lowest BCUT2D eigenvalue weighted by molar-refractivity contribution is -0.440. The van der Waals surface area contributed by atoms with Gasteiger partial charge in [0.2, 0.25) is 0 Å². The van der Waals surface area contributed by atoms with Crippen LogP contribution in [0.25, 0.3) is 0 Å². The quantitative estimate of drug-likeness (QED) is 0.139. The number of rotatable bonds is 11. The van der Waals surface area contributed by atoms with Crippen molar-refractivity contribution in [1.29, 1.82) is 0 Å². The van der Waals surface area contributed by atoms with Crippen LogP contribution in [0.2, 0.25) is 0 Å². The molecule has 5 nitrogen and oxygen atoms in total. The van der Waals surface area contributed by atoms with Crippen molar-refractivity contribution in [1.82, 2.24) is 0 Å². The first-order valence-electron chi connectivity index (χ1n) is 14.1. The van der Waals surface area contributed by atoms with Crippen molar-refractivity contribution in [2.24, 2.45) is 0 Å². The fourth-order valence-electron chi connectivity index (χ4n) is 4.40. The molecular weight excluding hydrogens is 673 g/mol. The molecule has 2 saturated heterocycles. The predicted octanol–water partition coefficient (Wildman–Crippen LogP) is 7.18. The maximum Gasteiger partial charge on any atom is 0.494 e. The number of hydrogen-bond acceptors (Lipinski definition) is 5. The minimum Gasteiger partial charge on any atom is -0.494 e. The molecule has 0 unspecified atom stereocenters. The average Bonchev–Trinajstić information content (AvgIpc) is 3.24. The largest absolute Gasteiger partial charge is 0.494 e. The molecule has 3 rings (SSSR count). The summed E-state index contributed by atoms with van der Waals surface area (Å²) < 4.78 is 204. The lowest BCUT2D eigenvalue weighted by Gasteiger charge is -2.39. The lowest BCUT2D eigenvalue weighted by atomic mass is 9.71. The molecular formula is C27H33B2F13O5. The molecule has 0 aliphatic carbocycles. The van der Waals surface area contributed by atoms with Gasteiger partial charge in [0, 0.05) is 6.42 Å². The van der Waals surface area contributed by atoms with Crippen molar-refractivity contribution >= 4 is 25.2 Å². The van der Waals surface area contributed by atoms with E-state index in [9.17, 15) is 57.1 Å². The molecule has 47 heavy (non-hydrogen) atoms. The summed E-state index contributed by atoms with van der Waals surface area (Å²) in [7, 11) is -2.04. The van der Waals surface area contributed by atoms with Gasteiger partial charge < -0.3 is 23.4 Å². The minimum atomic E-state index is -7.94. The van der Waals surface area contributed by atoms with E-state index in [1.807, 2.05) is 0 Å². The molecule has 2 heterocycles. The van der Waals surface area contributed by atoms with Gasteiger partial charge in [-0.05, 0) is 84.9 Å². The fourth-order valence-corrected chi connectivity index (χ4v) is 4.40. The molecule has 1 aromatic rings. The van der Waals surface area contributed by atoms with Crippen LogP contribution >= 0.6 is 0 Å². The Labute approximate surface area is 263 Å². The number of hydrogen-bond donors (Lipinski definition) is 0. The van der Waals surface area contributed by atoms with E-state index in [2.05, 4.69) is 0 Å². The maximum atomic E-state index is 14.3. The summed E-state index contributed by atoms with van der Waals surface area (Å²) in [5.41, 5.74) is -2.68. The molecule has 268 valence electrons. The van der Waals surface area contributed by atoms with Crippen LogP contribution in [0.3, 0.4) is 0 Å². The SMILES string of the molecule is CC1(C)OB(c2cc(OCCCC(F)(F)C(F)(F)C(F)(F)C(F)(F)C(F)(F)C(F)(F)F)cc(B3OC(C)(C)C(C)(C)O3)c2)OC1(C)C. The molecule has 1 aromatic carbocycles. The van der Waals surface area contributed by atoms with Crippen molar-refractivity contribution in [3.8, 4) is 5.75 Å². The average molecular weight is 706 g/mol. The van der Waals surface area contributed by atoms with Gasteiger partial charge in [-0.2, -0.15) is 57.1 Å². The summed E-state index contributed by atoms with van der Waals surface area (Å²) in [6.07, 6.45) is -11.1. The topological polar surface area (TPSA) is 46.2 Å². The first kappa shape index (κ1) is 39.5. The van der Waals surface area contributed by atoms with Crippen LogP contribution in [-0.2, 0) is 18.6 Å². The van der Waals surface area contributed by atoms with Crippen LogP contribution in [0.5, 0.6) is 5.75 Å². The van der Waals surface area contributed by atoms with Crippen LogP contribution in [0, 0.1) is 0 Å². The molecule has 0 aromatic heterocycles. The summed E-state index contributed by atoms with van der Waals surface area (Å²) in [6, 6.07) is 4.21. The molecule has 20 heteroatoms. The Balaban J connectivity index is 1.84. The zero-order chi connectivity index (χ0) is 36.7. The molecule has 0 saturated carbocycles. The van der Waals surface area contributed by atoms with Crippen molar-refractivity contribution in [3.63, 3.8) is 0 Å². The van der Waals surface area contributed by atoms with E-state index in [1.54, 1.807) is 61.5 Å². The second-order valence-electron chi connectivity index (χ2n) is 13.5. The number of halogens is 13. The number of alkyl halides is 13. The Bertz CT molecular complexity index is 1230. The third-order valence-corrected chi connectivity index (χ3v) is 8.90.